The fourth-order valence-electron chi connectivity index (χ4n) is 0.662. The van der Waals surface area contributed by atoms with Gasteiger partial charge in [0.05, 0.1) is 0 Å². The highest BCUT2D eigenvalue weighted by Gasteiger charge is 1.96. The third-order valence-corrected chi connectivity index (χ3v) is 1.11. The molecular weight excluding hydrogens is 192 g/mol. The van der Waals surface area contributed by atoms with Crippen LogP contribution in [0.5, 0.6) is 5.75 Å². The van der Waals surface area contributed by atoms with Crippen molar-refractivity contribution in [2.75, 3.05) is 13.0 Å². The Balaban J connectivity index is 0.000000671. The van der Waals surface area contributed by atoms with E-state index in [1.54, 1.807) is 24.3 Å². The Morgan fingerprint density at radius 3 is 2.38 bits per heavy atom. The molecular formula is C9H11ClO3. The summed E-state index contributed by atoms with van der Waals surface area (Å²) in [6.45, 7) is -0.288. The van der Waals surface area contributed by atoms with E-state index in [1.165, 1.54) is 6.38 Å². The van der Waals surface area contributed by atoms with Crippen molar-refractivity contribution in [1.29, 1.82) is 0 Å². The van der Waals surface area contributed by atoms with Crippen molar-refractivity contribution in [2.24, 2.45) is 0 Å². The van der Waals surface area contributed by atoms with Crippen LogP contribution in [0.25, 0.3) is 0 Å². The Hall–Kier alpha value is -1.22. The lowest BCUT2D eigenvalue weighted by atomic mass is 10.3. The molecule has 0 unspecified atom stereocenters. The molecule has 3 nitrogen and oxygen atoms in total. The van der Waals surface area contributed by atoms with Crippen molar-refractivity contribution in [3.05, 3.63) is 30.3 Å². The van der Waals surface area contributed by atoms with Gasteiger partial charge >= 0.3 is 5.97 Å². The van der Waals surface area contributed by atoms with E-state index in [-0.39, 0.29) is 6.61 Å². The van der Waals surface area contributed by atoms with E-state index in [1.807, 2.05) is 6.07 Å². The summed E-state index contributed by atoms with van der Waals surface area (Å²) < 4.78 is 4.87. The Bertz CT molecular complexity index is 236. The number of para-hydroxylation sites is 1. The minimum atomic E-state index is -0.964. The van der Waals surface area contributed by atoms with Crippen LogP contribution in [0.2, 0.25) is 0 Å². The molecule has 1 rings (SSSR count). The van der Waals surface area contributed by atoms with Crippen LogP contribution in [0, 0.1) is 0 Å². The Morgan fingerprint density at radius 2 is 1.92 bits per heavy atom. The van der Waals surface area contributed by atoms with Crippen molar-refractivity contribution >= 4 is 17.6 Å². The van der Waals surface area contributed by atoms with Gasteiger partial charge in [0.15, 0.2) is 6.61 Å². The van der Waals surface area contributed by atoms with E-state index in [2.05, 4.69) is 11.6 Å². The second kappa shape index (κ2) is 7.43. The van der Waals surface area contributed by atoms with Crippen molar-refractivity contribution in [2.45, 2.75) is 0 Å². The van der Waals surface area contributed by atoms with Crippen LogP contribution >= 0.6 is 11.6 Å². The molecule has 0 amide bonds. The molecule has 4 heteroatoms. The summed E-state index contributed by atoms with van der Waals surface area (Å²) in [7, 11) is 0. The fraction of sp³-hybridized carbons (Fsp3) is 0.222. The van der Waals surface area contributed by atoms with Gasteiger partial charge in [-0.05, 0) is 12.1 Å². The molecule has 0 atom stereocenters. The first kappa shape index (κ1) is 11.8. The van der Waals surface area contributed by atoms with Gasteiger partial charge in [-0.15, -0.1) is 11.6 Å². The highest BCUT2D eigenvalue weighted by Crippen LogP contribution is 2.07. The summed E-state index contributed by atoms with van der Waals surface area (Å²) in [4.78, 5) is 10.0. The second-order valence-electron chi connectivity index (χ2n) is 2.00. The summed E-state index contributed by atoms with van der Waals surface area (Å²) in [6, 6.07) is 8.84. The molecule has 0 aliphatic carbocycles. The summed E-state index contributed by atoms with van der Waals surface area (Å²) in [5.74, 6) is -0.385. The van der Waals surface area contributed by atoms with Crippen LogP contribution in [-0.4, -0.2) is 24.1 Å². The standard InChI is InChI=1S/C8H8O3.CH3Cl/c9-8(10)6-11-7-4-2-1-3-5-7;1-2/h1-5H,6H2,(H,9,10);1H3. The predicted molar refractivity (Wildman–Crippen MR) is 51.3 cm³/mol. The number of halogens is 1. The van der Waals surface area contributed by atoms with Crippen molar-refractivity contribution in [3.8, 4) is 5.75 Å². The van der Waals surface area contributed by atoms with E-state index >= 15 is 0 Å². The van der Waals surface area contributed by atoms with E-state index < -0.39 is 5.97 Å². The zero-order valence-electron chi connectivity index (χ0n) is 7.24. The third kappa shape index (κ3) is 5.99. The number of aliphatic carboxylic acids is 1. The molecule has 0 radical (unpaired) electrons. The summed E-state index contributed by atoms with van der Waals surface area (Å²) in [5, 5.41) is 8.25. The van der Waals surface area contributed by atoms with Gasteiger partial charge < -0.3 is 9.84 Å². The number of hydrogen-bond donors (Lipinski definition) is 1. The molecule has 0 spiro atoms. The molecule has 0 saturated heterocycles. The first-order chi connectivity index (χ1) is 6.29. The van der Waals surface area contributed by atoms with Gasteiger partial charge in [0.25, 0.3) is 0 Å². The average molecular weight is 203 g/mol. The van der Waals surface area contributed by atoms with Crippen LogP contribution in [0.4, 0.5) is 0 Å². The molecule has 1 N–H and O–H groups in total. The molecule has 0 aliphatic heterocycles. The lowest BCUT2D eigenvalue weighted by Crippen LogP contribution is -2.09. The minimum absolute atomic E-state index is 0.288. The summed E-state index contributed by atoms with van der Waals surface area (Å²) in [6.07, 6.45) is 1.47. The number of rotatable bonds is 3. The Morgan fingerprint density at radius 1 is 1.38 bits per heavy atom. The first-order valence-corrected chi connectivity index (χ1v) is 4.32. The number of alkyl halides is 1. The molecule has 1 aromatic carbocycles. The lowest BCUT2D eigenvalue weighted by molar-refractivity contribution is -0.139. The van der Waals surface area contributed by atoms with E-state index in [0.29, 0.717) is 5.75 Å². The highest BCUT2D eigenvalue weighted by molar-refractivity contribution is 6.15. The van der Waals surface area contributed by atoms with Crippen molar-refractivity contribution in [1.82, 2.24) is 0 Å². The molecule has 13 heavy (non-hydrogen) atoms. The molecule has 0 aliphatic rings. The quantitative estimate of drug-likeness (QED) is 0.763. The number of benzene rings is 1. The molecule has 0 heterocycles. The number of ether oxygens (including phenoxy) is 1. The van der Waals surface area contributed by atoms with Crippen LogP contribution in [-0.2, 0) is 4.79 Å². The topological polar surface area (TPSA) is 46.5 Å². The van der Waals surface area contributed by atoms with Crippen LogP contribution < -0.4 is 4.74 Å². The smallest absolute Gasteiger partial charge is 0.341 e. The second-order valence-corrected chi connectivity index (χ2v) is 2.00. The maximum atomic E-state index is 10.0. The van der Waals surface area contributed by atoms with Crippen molar-refractivity contribution in [3.63, 3.8) is 0 Å². The van der Waals surface area contributed by atoms with E-state index in [0.717, 1.165) is 0 Å². The predicted octanol–water partition coefficient (Wildman–Crippen LogP) is 2.00. The maximum Gasteiger partial charge on any atom is 0.341 e. The zero-order valence-corrected chi connectivity index (χ0v) is 7.99. The van der Waals surface area contributed by atoms with E-state index in [4.69, 9.17) is 9.84 Å². The monoisotopic (exact) mass is 202 g/mol. The fourth-order valence-corrected chi connectivity index (χ4v) is 0.662. The molecule has 0 fully saturated rings. The number of hydrogen-bond acceptors (Lipinski definition) is 2. The van der Waals surface area contributed by atoms with E-state index in [9.17, 15) is 4.79 Å². The minimum Gasteiger partial charge on any atom is -0.482 e. The average Bonchev–Trinajstić information content (AvgIpc) is 2.19. The van der Waals surface area contributed by atoms with Gasteiger partial charge in [0, 0.05) is 6.38 Å². The van der Waals surface area contributed by atoms with Gasteiger partial charge in [-0.2, -0.15) is 0 Å². The number of carbonyl (C=O) groups is 1. The van der Waals surface area contributed by atoms with Crippen LogP contribution in [0.15, 0.2) is 30.3 Å². The van der Waals surface area contributed by atoms with Gasteiger partial charge in [-0.1, -0.05) is 18.2 Å². The Kier molecular flexibility index (Phi) is 6.73. The zero-order chi connectivity index (χ0) is 10.1. The summed E-state index contributed by atoms with van der Waals surface area (Å²) >= 11 is 4.64. The van der Waals surface area contributed by atoms with Crippen LogP contribution in [0.1, 0.15) is 0 Å². The van der Waals surface area contributed by atoms with Crippen LogP contribution in [0.3, 0.4) is 0 Å². The lowest BCUT2D eigenvalue weighted by Gasteiger charge is -2.00. The third-order valence-electron chi connectivity index (χ3n) is 1.11. The number of carboxylic acid groups (broad SMARTS) is 1. The maximum absolute atomic E-state index is 10.0. The largest absolute Gasteiger partial charge is 0.482 e. The molecule has 72 valence electrons. The SMILES string of the molecule is CCl.O=C(O)COc1ccccc1. The Labute approximate surface area is 81.9 Å². The summed E-state index contributed by atoms with van der Waals surface area (Å²) in [5.41, 5.74) is 0. The van der Waals surface area contributed by atoms with Gasteiger partial charge in [0.1, 0.15) is 5.75 Å². The first-order valence-electron chi connectivity index (χ1n) is 3.56. The highest BCUT2D eigenvalue weighted by atomic mass is 35.5. The normalized spacial score (nSPS) is 8.15. The van der Waals surface area contributed by atoms with Crippen molar-refractivity contribution < 1.29 is 14.6 Å². The molecule has 0 saturated carbocycles. The molecule has 0 bridgehead atoms. The van der Waals surface area contributed by atoms with Gasteiger partial charge in [-0.25, -0.2) is 4.79 Å². The van der Waals surface area contributed by atoms with Gasteiger partial charge in [0.2, 0.25) is 0 Å². The molecule has 1 aromatic rings. The van der Waals surface area contributed by atoms with Gasteiger partial charge in [-0.3, -0.25) is 0 Å². The number of carboxylic acids is 1. The molecule has 0 aromatic heterocycles.